The average Bonchev–Trinajstić information content (AvgIpc) is 3.07. The van der Waals surface area contributed by atoms with Gasteiger partial charge < -0.3 is 15.1 Å². The SMILES string of the molecule is CN=C(NCc1ncc(C(C)(C)C)o1)NCc1ccc(Br)s1. The number of aromatic nitrogens is 1. The monoisotopic (exact) mass is 384 g/mol. The number of guanidine groups is 1. The first-order valence-corrected chi connectivity index (χ1v) is 8.63. The lowest BCUT2D eigenvalue weighted by Gasteiger charge is -2.13. The van der Waals surface area contributed by atoms with Gasteiger partial charge in [-0.25, -0.2) is 4.98 Å². The molecule has 0 saturated carbocycles. The summed E-state index contributed by atoms with van der Waals surface area (Å²) < 4.78 is 6.88. The molecule has 0 amide bonds. The van der Waals surface area contributed by atoms with Gasteiger partial charge >= 0.3 is 0 Å². The highest BCUT2D eigenvalue weighted by Crippen LogP contribution is 2.23. The Morgan fingerprint density at radius 3 is 2.59 bits per heavy atom. The maximum Gasteiger partial charge on any atom is 0.213 e. The van der Waals surface area contributed by atoms with Gasteiger partial charge in [0.15, 0.2) is 5.96 Å². The lowest BCUT2D eigenvalue weighted by atomic mass is 9.94. The van der Waals surface area contributed by atoms with Crippen LogP contribution in [-0.4, -0.2) is 18.0 Å². The fourth-order valence-electron chi connectivity index (χ4n) is 1.74. The minimum atomic E-state index is -0.0300. The molecule has 0 aromatic carbocycles. The van der Waals surface area contributed by atoms with Crippen molar-refractivity contribution >= 4 is 33.2 Å². The van der Waals surface area contributed by atoms with Gasteiger partial charge in [0.2, 0.25) is 5.89 Å². The first-order valence-electron chi connectivity index (χ1n) is 7.02. The van der Waals surface area contributed by atoms with Crippen molar-refractivity contribution in [2.24, 2.45) is 4.99 Å². The minimum absolute atomic E-state index is 0.0300. The van der Waals surface area contributed by atoms with Crippen LogP contribution in [0.3, 0.4) is 0 Å². The van der Waals surface area contributed by atoms with E-state index in [1.807, 2.05) is 6.07 Å². The van der Waals surface area contributed by atoms with Crippen LogP contribution in [-0.2, 0) is 18.5 Å². The van der Waals surface area contributed by atoms with Gasteiger partial charge in [-0.1, -0.05) is 20.8 Å². The largest absolute Gasteiger partial charge is 0.443 e. The molecule has 7 heteroatoms. The van der Waals surface area contributed by atoms with Crippen molar-refractivity contribution in [3.8, 4) is 0 Å². The Hall–Kier alpha value is -1.34. The summed E-state index contributed by atoms with van der Waals surface area (Å²) in [5, 5.41) is 6.47. The highest BCUT2D eigenvalue weighted by atomic mass is 79.9. The third kappa shape index (κ3) is 4.84. The van der Waals surface area contributed by atoms with E-state index in [0.717, 1.165) is 22.1 Å². The fraction of sp³-hybridized carbons (Fsp3) is 0.467. The molecule has 5 nitrogen and oxygen atoms in total. The number of aliphatic imine (C=N–C) groups is 1. The van der Waals surface area contributed by atoms with Crippen LogP contribution < -0.4 is 10.6 Å². The summed E-state index contributed by atoms with van der Waals surface area (Å²) in [5.74, 6) is 2.27. The van der Waals surface area contributed by atoms with Gasteiger partial charge in [-0.2, -0.15) is 0 Å². The molecule has 0 bridgehead atoms. The Morgan fingerprint density at radius 1 is 1.32 bits per heavy atom. The quantitative estimate of drug-likeness (QED) is 0.623. The van der Waals surface area contributed by atoms with E-state index in [1.165, 1.54) is 4.88 Å². The number of hydrogen-bond donors (Lipinski definition) is 2. The second-order valence-electron chi connectivity index (χ2n) is 5.85. The molecule has 0 aliphatic carbocycles. The number of halogens is 1. The zero-order valence-electron chi connectivity index (χ0n) is 13.2. The van der Waals surface area contributed by atoms with E-state index in [4.69, 9.17) is 4.42 Å². The standard InChI is InChI=1S/C15H21BrN4OS/c1-15(2,3)11-8-18-13(21-11)9-20-14(17-4)19-7-10-5-6-12(16)22-10/h5-6,8H,7,9H2,1-4H3,(H2,17,19,20). The normalized spacial score (nSPS) is 12.5. The Kier molecular flexibility index (Phi) is 5.63. The zero-order chi connectivity index (χ0) is 16.2. The third-order valence-electron chi connectivity index (χ3n) is 2.98. The van der Waals surface area contributed by atoms with Crippen LogP contribution in [0.5, 0.6) is 0 Å². The molecule has 2 aromatic heterocycles. The summed E-state index contributed by atoms with van der Waals surface area (Å²) in [5.41, 5.74) is -0.0300. The van der Waals surface area contributed by atoms with Gasteiger partial charge in [0.25, 0.3) is 0 Å². The topological polar surface area (TPSA) is 62.5 Å². The molecule has 2 aromatic rings. The number of thiophene rings is 1. The van der Waals surface area contributed by atoms with E-state index >= 15 is 0 Å². The lowest BCUT2D eigenvalue weighted by Crippen LogP contribution is -2.36. The van der Waals surface area contributed by atoms with Crippen molar-refractivity contribution in [2.45, 2.75) is 39.3 Å². The Labute approximate surface area is 143 Å². The van der Waals surface area contributed by atoms with Gasteiger partial charge in [0.05, 0.1) is 23.1 Å². The van der Waals surface area contributed by atoms with Crippen molar-refractivity contribution in [3.63, 3.8) is 0 Å². The van der Waals surface area contributed by atoms with Crippen molar-refractivity contribution in [1.29, 1.82) is 0 Å². The van der Waals surface area contributed by atoms with Crippen LogP contribution in [0.4, 0.5) is 0 Å². The molecule has 0 atom stereocenters. The van der Waals surface area contributed by atoms with Crippen LogP contribution in [0.15, 0.2) is 31.5 Å². The van der Waals surface area contributed by atoms with Crippen LogP contribution >= 0.6 is 27.3 Å². The predicted octanol–water partition coefficient (Wildman–Crippen LogP) is 3.66. The summed E-state index contributed by atoms with van der Waals surface area (Å²) in [7, 11) is 1.75. The lowest BCUT2D eigenvalue weighted by molar-refractivity contribution is 0.379. The molecule has 2 rings (SSSR count). The van der Waals surface area contributed by atoms with Gasteiger partial charge in [-0.05, 0) is 28.1 Å². The maximum atomic E-state index is 5.75. The average molecular weight is 385 g/mol. The molecule has 22 heavy (non-hydrogen) atoms. The van der Waals surface area contributed by atoms with E-state index in [1.54, 1.807) is 24.6 Å². The number of nitrogens with one attached hydrogen (secondary N) is 2. The van der Waals surface area contributed by atoms with Gasteiger partial charge in [-0.15, -0.1) is 11.3 Å². The fourth-order valence-corrected chi connectivity index (χ4v) is 3.16. The smallest absolute Gasteiger partial charge is 0.213 e. The highest BCUT2D eigenvalue weighted by Gasteiger charge is 2.19. The van der Waals surface area contributed by atoms with Crippen molar-refractivity contribution in [3.05, 3.63) is 38.6 Å². The number of nitrogens with zero attached hydrogens (tertiary/aromatic N) is 2. The summed E-state index contributed by atoms with van der Waals surface area (Å²) >= 11 is 5.16. The van der Waals surface area contributed by atoms with E-state index in [0.29, 0.717) is 12.4 Å². The van der Waals surface area contributed by atoms with Crippen LogP contribution in [0.25, 0.3) is 0 Å². The van der Waals surface area contributed by atoms with Gasteiger partial charge in [0.1, 0.15) is 5.76 Å². The molecule has 0 unspecified atom stereocenters. The molecular weight excluding hydrogens is 364 g/mol. The van der Waals surface area contributed by atoms with E-state index in [9.17, 15) is 0 Å². The van der Waals surface area contributed by atoms with Gasteiger partial charge in [-0.3, -0.25) is 4.99 Å². The second-order valence-corrected chi connectivity index (χ2v) is 8.40. The molecule has 120 valence electrons. The Morgan fingerprint density at radius 2 is 2.05 bits per heavy atom. The zero-order valence-corrected chi connectivity index (χ0v) is 15.6. The molecule has 0 radical (unpaired) electrons. The van der Waals surface area contributed by atoms with Crippen molar-refractivity contribution in [1.82, 2.24) is 15.6 Å². The first-order chi connectivity index (χ1) is 10.4. The van der Waals surface area contributed by atoms with Crippen molar-refractivity contribution < 1.29 is 4.42 Å². The molecular formula is C15H21BrN4OS. The van der Waals surface area contributed by atoms with E-state index in [2.05, 4.69) is 63.4 Å². The summed E-state index contributed by atoms with van der Waals surface area (Å²) in [6, 6.07) is 4.12. The van der Waals surface area contributed by atoms with Crippen LogP contribution in [0.2, 0.25) is 0 Å². The summed E-state index contributed by atoms with van der Waals surface area (Å²) in [6.45, 7) is 7.54. The van der Waals surface area contributed by atoms with Crippen molar-refractivity contribution in [2.75, 3.05) is 7.05 Å². The van der Waals surface area contributed by atoms with Gasteiger partial charge in [0, 0.05) is 17.3 Å². The van der Waals surface area contributed by atoms with Crippen LogP contribution in [0.1, 0.15) is 37.3 Å². The molecule has 2 heterocycles. The molecule has 0 aliphatic rings. The molecule has 0 aliphatic heterocycles. The number of hydrogen-bond acceptors (Lipinski definition) is 4. The minimum Gasteiger partial charge on any atom is -0.443 e. The molecule has 0 saturated heterocycles. The highest BCUT2D eigenvalue weighted by molar-refractivity contribution is 9.11. The Balaban J connectivity index is 1.85. The second kappa shape index (κ2) is 7.28. The first kappa shape index (κ1) is 17.0. The molecule has 0 spiro atoms. The Bertz CT molecular complexity index is 642. The molecule has 2 N–H and O–H groups in total. The predicted molar refractivity (Wildman–Crippen MR) is 94.3 cm³/mol. The van der Waals surface area contributed by atoms with E-state index in [-0.39, 0.29) is 5.41 Å². The summed E-state index contributed by atoms with van der Waals surface area (Å²) in [6.07, 6.45) is 1.79. The maximum absolute atomic E-state index is 5.75. The van der Waals surface area contributed by atoms with Crippen LogP contribution in [0, 0.1) is 0 Å². The summed E-state index contributed by atoms with van der Waals surface area (Å²) in [4.78, 5) is 9.73. The molecule has 0 fully saturated rings. The third-order valence-corrected chi connectivity index (χ3v) is 4.61. The number of oxazole rings is 1. The number of rotatable bonds is 4. The van der Waals surface area contributed by atoms with E-state index < -0.39 is 0 Å².